The summed E-state index contributed by atoms with van der Waals surface area (Å²) in [7, 11) is 0. The lowest BCUT2D eigenvalue weighted by atomic mass is 9.95. The molecule has 2 heterocycles. The van der Waals surface area contributed by atoms with Crippen molar-refractivity contribution in [1.29, 1.82) is 0 Å². The fourth-order valence-corrected chi connectivity index (χ4v) is 3.41. The molecule has 152 valence electrons. The first-order chi connectivity index (χ1) is 13.4. The quantitative estimate of drug-likeness (QED) is 0.716. The summed E-state index contributed by atoms with van der Waals surface area (Å²) in [5.41, 5.74) is 3.17. The number of aryl methyl sites for hydroxylation is 3. The minimum Gasteiger partial charge on any atom is -0.486 e. The maximum Gasteiger partial charge on any atom is 0.315 e. The van der Waals surface area contributed by atoms with Crippen LogP contribution in [0.2, 0.25) is 0 Å². The number of carbonyl (C=O) groups excluding carboxylic acids is 1. The second-order valence-electron chi connectivity index (χ2n) is 7.53. The number of hydrogen-bond acceptors (Lipinski definition) is 4. The van der Waals surface area contributed by atoms with E-state index in [1.54, 1.807) is 0 Å². The number of carbonyl (C=O) groups is 1. The van der Waals surface area contributed by atoms with Crippen molar-refractivity contribution < 1.29 is 14.3 Å². The van der Waals surface area contributed by atoms with Crippen LogP contribution in [0.3, 0.4) is 0 Å². The van der Waals surface area contributed by atoms with Crippen LogP contribution in [0.15, 0.2) is 24.3 Å². The zero-order valence-electron chi connectivity index (χ0n) is 17.1. The maximum absolute atomic E-state index is 12.4. The number of nitrogens with one attached hydrogen (secondary N) is 2. The van der Waals surface area contributed by atoms with E-state index in [0.29, 0.717) is 19.8 Å². The van der Waals surface area contributed by atoms with Gasteiger partial charge in [-0.3, -0.25) is 4.68 Å². The highest BCUT2D eigenvalue weighted by Crippen LogP contribution is 2.34. The molecule has 0 radical (unpaired) electrons. The van der Waals surface area contributed by atoms with Gasteiger partial charge >= 0.3 is 6.03 Å². The molecule has 0 spiro atoms. The van der Waals surface area contributed by atoms with Gasteiger partial charge in [0.25, 0.3) is 0 Å². The van der Waals surface area contributed by atoms with Crippen molar-refractivity contribution in [3.63, 3.8) is 0 Å². The van der Waals surface area contributed by atoms with E-state index in [1.165, 1.54) is 0 Å². The van der Waals surface area contributed by atoms with Crippen LogP contribution in [0.5, 0.6) is 11.5 Å². The Kier molecular flexibility index (Phi) is 6.44. The van der Waals surface area contributed by atoms with Gasteiger partial charge in [0.15, 0.2) is 11.5 Å². The number of fused-ring (bicyclic) bond motifs is 1. The molecule has 1 aromatic carbocycles. The van der Waals surface area contributed by atoms with Crippen LogP contribution < -0.4 is 20.1 Å². The zero-order chi connectivity index (χ0) is 20.1. The van der Waals surface area contributed by atoms with Gasteiger partial charge in [-0.1, -0.05) is 19.9 Å². The standard InChI is InChI=1S/C21H30N4O3/c1-14(2)20(17-6-7-18-19(13-17)28-11-10-27-18)23-21(26)22-8-5-9-25-16(4)12-15(3)24-25/h6-7,12-14,20H,5,8-11H2,1-4H3,(H2,22,23,26). The normalized spacial score (nSPS) is 14.0. The predicted molar refractivity (Wildman–Crippen MR) is 108 cm³/mol. The Hall–Kier alpha value is -2.70. The van der Waals surface area contributed by atoms with E-state index in [0.717, 1.165) is 41.4 Å². The van der Waals surface area contributed by atoms with Crippen molar-refractivity contribution in [2.75, 3.05) is 19.8 Å². The van der Waals surface area contributed by atoms with Gasteiger partial charge in [0.1, 0.15) is 13.2 Å². The maximum atomic E-state index is 12.4. The van der Waals surface area contributed by atoms with Crippen molar-refractivity contribution in [1.82, 2.24) is 20.4 Å². The minimum atomic E-state index is -0.165. The molecule has 1 aliphatic heterocycles. The van der Waals surface area contributed by atoms with Crippen LogP contribution >= 0.6 is 0 Å². The van der Waals surface area contributed by atoms with Crippen molar-refractivity contribution in [3.8, 4) is 11.5 Å². The predicted octanol–water partition coefficient (Wildman–Crippen LogP) is 3.36. The molecule has 0 saturated carbocycles. The lowest BCUT2D eigenvalue weighted by Gasteiger charge is -2.25. The van der Waals surface area contributed by atoms with Crippen molar-refractivity contribution in [2.24, 2.45) is 5.92 Å². The van der Waals surface area contributed by atoms with E-state index < -0.39 is 0 Å². The molecule has 2 aromatic rings. The monoisotopic (exact) mass is 386 g/mol. The summed E-state index contributed by atoms with van der Waals surface area (Å²) < 4.78 is 13.2. The van der Waals surface area contributed by atoms with E-state index in [-0.39, 0.29) is 18.0 Å². The van der Waals surface area contributed by atoms with Crippen LogP contribution in [0, 0.1) is 19.8 Å². The minimum absolute atomic E-state index is 0.105. The summed E-state index contributed by atoms with van der Waals surface area (Å²) in [4.78, 5) is 12.4. The molecule has 7 nitrogen and oxygen atoms in total. The third kappa shape index (κ3) is 4.97. The number of urea groups is 1. The number of rotatable bonds is 7. The van der Waals surface area contributed by atoms with Gasteiger partial charge in [0, 0.05) is 18.8 Å². The van der Waals surface area contributed by atoms with Gasteiger partial charge < -0.3 is 20.1 Å². The molecule has 1 atom stereocenters. The number of amides is 2. The molecule has 28 heavy (non-hydrogen) atoms. The van der Waals surface area contributed by atoms with Crippen molar-refractivity contribution >= 4 is 6.03 Å². The van der Waals surface area contributed by atoms with E-state index in [2.05, 4.69) is 35.6 Å². The fourth-order valence-electron chi connectivity index (χ4n) is 3.41. The Bertz CT molecular complexity index is 816. The average molecular weight is 386 g/mol. The molecule has 2 N–H and O–H groups in total. The molecule has 7 heteroatoms. The van der Waals surface area contributed by atoms with E-state index in [1.807, 2.05) is 36.7 Å². The highest BCUT2D eigenvalue weighted by molar-refractivity contribution is 5.74. The third-order valence-electron chi connectivity index (χ3n) is 4.81. The lowest BCUT2D eigenvalue weighted by Crippen LogP contribution is -2.40. The molecule has 3 rings (SSSR count). The van der Waals surface area contributed by atoms with E-state index in [9.17, 15) is 4.79 Å². The molecular formula is C21H30N4O3. The highest BCUT2D eigenvalue weighted by atomic mass is 16.6. The fraction of sp³-hybridized carbons (Fsp3) is 0.524. The summed E-state index contributed by atoms with van der Waals surface area (Å²) in [6, 6.07) is 7.64. The molecule has 0 fully saturated rings. The molecular weight excluding hydrogens is 356 g/mol. The molecule has 1 unspecified atom stereocenters. The second kappa shape index (κ2) is 8.99. The van der Waals surface area contributed by atoms with Crippen LogP contribution in [0.25, 0.3) is 0 Å². The van der Waals surface area contributed by atoms with Crippen molar-refractivity contribution in [2.45, 2.75) is 46.7 Å². The SMILES string of the molecule is Cc1cc(C)n(CCCNC(=O)NC(c2ccc3c(c2)OCCO3)C(C)C)n1. The Balaban J connectivity index is 1.52. The largest absolute Gasteiger partial charge is 0.486 e. The van der Waals surface area contributed by atoms with Gasteiger partial charge in [-0.05, 0) is 49.9 Å². The van der Waals surface area contributed by atoms with Gasteiger partial charge in [-0.2, -0.15) is 5.10 Å². The second-order valence-corrected chi connectivity index (χ2v) is 7.53. The van der Waals surface area contributed by atoms with Crippen LogP contribution in [0.1, 0.15) is 43.3 Å². The van der Waals surface area contributed by atoms with Gasteiger partial charge in [0.05, 0.1) is 11.7 Å². The summed E-state index contributed by atoms with van der Waals surface area (Å²) in [6.07, 6.45) is 0.825. The van der Waals surface area contributed by atoms with Crippen molar-refractivity contribution in [3.05, 3.63) is 41.2 Å². The molecule has 2 amide bonds. The molecule has 0 aliphatic carbocycles. The molecule has 0 bridgehead atoms. The van der Waals surface area contributed by atoms with Gasteiger partial charge in [0.2, 0.25) is 0 Å². The first-order valence-electron chi connectivity index (χ1n) is 9.89. The average Bonchev–Trinajstić information content (AvgIpc) is 2.99. The van der Waals surface area contributed by atoms with E-state index in [4.69, 9.17) is 9.47 Å². The van der Waals surface area contributed by atoms with Crippen LogP contribution in [-0.4, -0.2) is 35.6 Å². The highest BCUT2D eigenvalue weighted by Gasteiger charge is 2.21. The smallest absolute Gasteiger partial charge is 0.315 e. The van der Waals surface area contributed by atoms with E-state index >= 15 is 0 Å². The summed E-state index contributed by atoms with van der Waals surface area (Å²) in [5.74, 6) is 1.73. The topological polar surface area (TPSA) is 77.4 Å². The molecule has 1 aromatic heterocycles. The van der Waals surface area contributed by atoms with Crippen LogP contribution in [0.4, 0.5) is 4.79 Å². The van der Waals surface area contributed by atoms with Gasteiger partial charge in [-0.25, -0.2) is 4.79 Å². The Labute approximate surface area is 166 Å². The number of hydrogen-bond donors (Lipinski definition) is 2. The number of benzene rings is 1. The molecule has 1 aliphatic rings. The zero-order valence-corrected chi connectivity index (χ0v) is 17.1. The number of nitrogens with zero attached hydrogens (tertiary/aromatic N) is 2. The lowest BCUT2D eigenvalue weighted by molar-refractivity contribution is 0.171. The van der Waals surface area contributed by atoms with Gasteiger partial charge in [-0.15, -0.1) is 0 Å². The van der Waals surface area contributed by atoms with Crippen LogP contribution in [-0.2, 0) is 6.54 Å². The third-order valence-corrected chi connectivity index (χ3v) is 4.81. The number of ether oxygens (including phenoxy) is 2. The first-order valence-corrected chi connectivity index (χ1v) is 9.89. The Morgan fingerprint density at radius 2 is 1.93 bits per heavy atom. The molecule has 0 saturated heterocycles. The Morgan fingerprint density at radius 1 is 1.18 bits per heavy atom. The summed E-state index contributed by atoms with van der Waals surface area (Å²) in [6.45, 7) is 10.7. The number of aromatic nitrogens is 2. The first kappa shape index (κ1) is 20.0. The summed E-state index contributed by atoms with van der Waals surface area (Å²) in [5, 5.41) is 10.5. The Morgan fingerprint density at radius 3 is 2.61 bits per heavy atom. The summed E-state index contributed by atoms with van der Waals surface area (Å²) >= 11 is 0.